The zero-order chi connectivity index (χ0) is 27.6. The lowest BCUT2D eigenvalue weighted by Crippen LogP contribution is -2.36. The molecule has 1 heterocycles. The maximum Gasteiger partial charge on any atom is 0.200 e. The average Bonchev–Trinajstić information content (AvgIpc) is 2.97. The highest BCUT2D eigenvalue weighted by Gasteiger charge is 2.41. The topological polar surface area (TPSA) is 33.5 Å². The maximum absolute atomic E-state index is 13.9. The molecular formula is C37H31NO2. The number of fused-ring (bicyclic) bond motifs is 4. The molecule has 196 valence electrons. The molecule has 1 aliphatic rings. The molecule has 0 saturated carbocycles. The Hall–Kier alpha value is -4.63. The minimum Gasteiger partial charge on any atom is -0.456 e. The highest BCUT2D eigenvalue weighted by Crippen LogP contribution is 2.50. The summed E-state index contributed by atoms with van der Waals surface area (Å²) in [6, 6.07) is 39.3. The Morgan fingerprint density at radius 2 is 1.00 bits per heavy atom. The summed E-state index contributed by atoms with van der Waals surface area (Å²) >= 11 is 0. The van der Waals surface area contributed by atoms with Gasteiger partial charge in [-0.05, 0) is 70.8 Å². The standard InChI is InChI=1S/C37H31NO2/c1-36(2)29-17-11-12-18-30(29)37(3,4)32-23-34-28(22-31(32)36)35(39)27-20-19-26(21-33(27)40-34)38(24-13-7-5-8-14-24)25-15-9-6-10-16-25/h5-23H,1-4H3. The van der Waals surface area contributed by atoms with Gasteiger partial charge in [-0.25, -0.2) is 0 Å². The van der Waals surface area contributed by atoms with Gasteiger partial charge in [-0.3, -0.25) is 4.79 Å². The summed E-state index contributed by atoms with van der Waals surface area (Å²) in [6.45, 7) is 9.03. The van der Waals surface area contributed by atoms with Crippen molar-refractivity contribution >= 4 is 39.0 Å². The molecule has 0 saturated heterocycles. The molecule has 7 rings (SSSR count). The zero-order valence-corrected chi connectivity index (χ0v) is 23.2. The fourth-order valence-electron chi connectivity index (χ4n) is 6.53. The van der Waals surface area contributed by atoms with Gasteiger partial charge in [0, 0.05) is 34.0 Å². The van der Waals surface area contributed by atoms with Gasteiger partial charge in [0.1, 0.15) is 11.2 Å². The number of benzene rings is 5. The second kappa shape index (κ2) is 8.69. The van der Waals surface area contributed by atoms with Crippen LogP contribution in [0.4, 0.5) is 17.1 Å². The summed E-state index contributed by atoms with van der Waals surface area (Å²) in [5, 5.41) is 1.22. The molecule has 0 atom stereocenters. The molecule has 0 aliphatic heterocycles. The summed E-state index contributed by atoms with van der Waals surface area (Å²) in [4.78, 5) is 16.1. The van der Waals surface area contributed by atoms with Gasteiger partial charge in [-0.1, -0.05) is 88.4 Å². The third kappa shape index (κ3) is 3.54. The summed E-state index contributed by atoms with van der Waals surface area (Å²) in [5.41, 5.74) is 8.79. The summed E-state index contributed by atoms with van der Waals surface area (Å²) in [7, 11) is 0. The Morgan fingerprint density at radius 3 is 1.57 bits per heavy atom. The largest absolute Gasteiger partial charge is 0.456 e. The van der Waals surface area contributed by atoms with E-state index in [9.17, 15) is 4.79 Å². The van der Waals surface area contributed by atoms with Crippen LogP contribution in [0.3, 0.4) is 0 Å². The first-order chi connectivity index (χ1) is 19.3. The van der Waals surface area contributed by atoms with Crippen LogP contribution in [0.25, 0.3) is 21.9 Å². The van der Waals surface area contributed by atoms with Gasteiger partial charge in [0.15, 0.2) is 0 Å². The van der Waals surface area contributed by atoms with Crippen LogP contribution in [0, 0.1) is 0 Å². The minimum atomic E-state index is -0.229. The van der Waals surface area contributed by atoms with Crippen molar-refractivity contribution in [2.45, 2.75) is 38.5 Å². The molecule has 3 heteroatoms. The zero-order valence-electron chi connectivity index (χ0n) is 23.2. The van der Waals surface area contributed by atoms with E-state index in [1.807, 2.05) is 54.6 Å². The van der Waals surface area contributed by atoms with Crippen LogP contribution in [-0.2, 0) is 10.8 Å². The number of para-hydroxylation sites is 2. The fraction of sp³-hybridized carbons (Fsp3) is 0.162. The molecule has 1 aliphatic carbocycles. The molecule has 0 N–H and O–H groups in total. The van der Waals surface area contributed by atoms with Gasteiger partial charge >= 0.3 is 0 Å². The second-order valence-electron chi connectivity index (χ2n) is 11.8. The lowest BCUT2D eigenvalue weighted by Gasteiger charge is -2.43. The van der Waals surface area contributed by atoms with Crippen molar-refractivity contribution in [2.24, 2.45) is 0 Å². The number of rotatable bonds is 3. The van der Waals surface area contributed by atoms with Crippen LogP contribution in [0.1, 0.15) is 49.9 Å². The SMILES string of the molecule is CC1(C)c2ccccc2C(C)(C)c2cc3c(=O)c4ccc(N(c5ccccc5)c5ccccc5)cc4oc3cc21. The Morgan fingerprint density at radius 1 is 0.500 bits per heavy atom. The Balaban J connectivity index is 1.46. The fourth-order valence-corrected chi connectivity index (χ4v) is 6.53. The second-order valence-corrected chi connectivity index (χ2v) is 11.8. The monoisotopic (exact) mass is 521 g/mol. The molecular weight excluding hydrogens is 490 g/mol. The highest BCUT2D eigenvalue weighted by molar-refractivity contribution is 5.93. The van der Waals surface area contributed by atoms with Crippen molar-refractivity contribution in [2.75, 3.05) is 4.90 Å². The van der Waals surface area contributed by atoms with E-state index in [4.69, 9.17) is 4.42 Å². The molecule has 0 amide bonds. The van der Waals surface area contributed by atoms with E-state index in [1.54, 1.807) is 0 Å². The summed E-state index contributed by atoms with van der Waals surface area (Å²) in [6.07, 6.45) is 0. The Kier molecular flexibility index (Phi) is 5.30. The lowest BCUT2D eigenvalue weighted by molar-refractivity contribution is 0.520. The van der Waals surface area contributed by atoms with Crippen molar-refractivity contribution in [3.63, 3.8) is 0 Å². The third-order valence-electron chi connectivity index (χ3n) is 8.70. The van der Waals surface area contributed by atoms with Crippen LogP contribution in [-0.4, -0.2) is 0 Å². The molecule has 0 spiro atoms. The molecule has 0 fully saturated rings. The van der Waals surface area contributed by atoms with Gasteiger partial charge in [0.25, 0.3) is 0 Å². The van der Waals surface area contributed by atoms with Crippen LogP contribution in [0.5, 0.6) is 0 Å². The van der Waals surface area contributed by atoms with Crippen LogP contribution >= 0.6 is 0 Å². The lowest BCUT2D eigenvalue weighted by atomic mass is 9.60. The first-order valence-corrected chi connectivity index (χ1v) is 13.8. The molecule has 0 radical (unpaired) electrons. The maximum atomic E-state index is 13.9. The van der Waals surface area contributed by atoms with Crippen molar-refractivity contribution in [3.8, 4) is 0 Å². The van der Waals surface area contributed by atoms with Crippen molar-refractivity contribution in [1.29, 1.82) is 0 Å². The average molecular weight is 522 g/mol. The Bertz CT molecular complexity index is 1930. The smallest absolute Gasteiger partial charge is 0.200 e. The molecule has 40 heavy (non-hydrogen) atoms. The van der Waals surface area contributed by atoms with Gasteiger partial charge in [-0.2, -0.15) is 0 Å². The van der Waals surface area contributed by atoms with Gasteiger partial charge < -0.3 is 9.32 Å². The van der Waals surface area contributed by atoms with E-state index in [1.165, 1.54) is 22.3 Å². The summed E-state index contributed by atoms with van der Waals surface area (Å²) in [5.74, 6) is 0. The normalized spacial score (nSPS) is 15.0. The van der Waals surface area contributed by atoms with E-state index in [-0.39, 0.29) is 16.3 Å². The predicted octanol–water partition coefficient (Wildman–Crippen LogP) is 9.38. The molecule has 0 bridgehead atoms. The molecule has 6 aromatic rings. The van der Waals surface area contributed by atoms with Gasteiger partial charge in [0.05, 0.1) is 10.8 Å². The van der Waals surface area contributed by atoms with E-state index in [0.29, 0.717) is 21.9 Å². The van der Waals surface area contributed by atoms with Crippen molar-refractivity contribution in [1.82, 2.24) is 0 Å². The molecule has 0 unspecified atom stereocenters. The molecule has 1 aromatic heterocycles. The van der Waals surface area contributed by atoms with E-state index < -0.39 is 0 Å². The van der Waals surface area contributed by atoms with E-state index in [0.717, 1.165) is 17.1 Å². The van der Waals surface area contributed by atoms with Gasteiger partial charge in [-0.15, -0.1) is 0 Å². The van der Waals surface area contributed by atoms with Crippen molar-refractivity contribution in [3.05, 3.63) is 148 Å². The van der Waals surface area contributed by atoms with Gasteiger partial charge in [0.2, 0.25) is 5.43 Å². The van der Waals surface area contributed by atoms with Crippen LogP contribution in [0.15, 0.2) is 124 Å². The van der Waals surface area contributed by atoms with Crippen molar-refractivity contribution < 1.29 is 4.42 Å². The van der Waals surface area contributed by atoms with E-state index >= 15 is 0 Å². The minimum absolute atomic E-state index is 0.00374. The highest BCUT2D eigenvalue weighted by atomic mass is 16.3. The third-order valence-corrected chi connectivity index (χ3v) is 8.70. The summed E-state index contributed by atoms with van der Waals surface area (Å²) < 4.78 is 6.58. The molecule has 3 nitrogen and oxygen atoms in total. The van der Waals surface area contributed by atoms with Crippen LogP contribution < -0.4 is 10.3 Å². The number of anilines is 3. The first-order valence-electron chi connectivity index (χ1n) is 13.8. The number of hydrogen-bond donors (Lipinski definition) is 0. The van der Waals surface area contributed by atoms with Crippen LogP contribution in [0.2, 0.25) is 0 Å². The predicted molar refractivity (Wildman–Crippen MR) is 165 cm³/mol. The quantitative estimate of drug-likeness (QED) is 0.218. The Labute approximate surface area is 234 Å². The number of hydrogen-bond acceptors (Lipinski definition) is 3. The molecule has 5 aromatic carbocycles. The van der Waals surface area contributed by atoms with E-state index in [2.05, 4.69) is 93.3 Å². The number of nitrogens with zero attached hydrogens (tertiary/aromatic N) is 1. The first kappa shape index (κ1) is 24.4.